The maximum atomic E-state index is 12.1. The lowest BCUT2D eigenvalue weighted by molar-refractivity contribution is 0.0692. The van der Waals surface area contributed by atoms with E-state index in [0.29, 0.717) is 11.3 Å². The van der Waals surface area contributed by atoms with Crippen molar-refractivity contribution in [2.24, 2.45) is 0 Å². The Balaban J connectivity index is 2.26. The van der Waals surface area contributed by atoms with E-state index in [9.17, 15) is 9.59 Å². The van der Waals surface area contributed by atoms with Crippen LogP contribution in [0.15, 0.2) is 48.5 Å². The minimum atomic E-state index is -1.15. The van der Waals surface area contributed by atoms with Crippen molar-refractivity contribution in [2.75, 3.05) is 5.32 Å². The SMILES string of the molecule is O=C(O)c1ccccc1C(=O)Nc1cccc(CO)c1. The van der Waals surface area contributed by atoms with Gasteiger partial charge in [0.25, 0.3) is 5.91 Å². The van der Waals surface area contributed by atoms with E-state index in [4.69, 9.17) is 10.2 Å². The van der Waals surface area contributed by atoms with Gasteiger partial charge < -0.3 is 15.5 Å². The summed E-state index contributed by atoms with van der Waals surface area (Å²) in [7, 11) is 0. The zero-order valence-electron chi connectivity index (χ0n) is 10.5. The molecule has 0 saturated carbocycles. The van der Waals surface area contributed by atoms with Crippen molar-refractivity contribution >= 4 is 17.6 Å². The number of nitrogens with one attached hydrogen (secondary N) is 1. The summed E-state index contributed by atoms with van der Waals surface area (Å²) in [6.45, 7) is -0.130. The van der Waals surface area contributed by atoms with Gasteiger partial charge in [0.15, 0.2) is 0 Å². The highest BCUT2D eigenvalue weighted by Crippen LogP contribution is 2.14. The van der Waals surface area contributed by atoms with Crippen LogP contribution in [0.1, 0.15) is 26.3 Å². The molecule has 0 fully saturated rings. The molecule has 0 aliphatic carbocycles. The molecular formula is C15H13NO4. The average molecular weight is 271 g/mol. The first-order valence-corrected chi connectivity index (χ1v) is 5.95. The maximum absolute atomic E-state index is 12.1. The highest BCUT2D eigenvalue weighted by molar-refractivity contribution is 6.10. The monoisotopic (exact) mass is 271 g/mol. The van der Waals surface area contributed by atoms with E-state index in [1.165, 1.54) is 12.1 Å². The second kappa shape index (κ2) is 5.99. The molecule has 102 valence electrons. The molecule has 0 radical (unpaired) electrons. The van der Waals surface area contributed by atoms with Crippen LogP contribution >= 0.6 is 0 Å². The molecule has 0 spiro atoms. The molecule has 5 nitrogen and oxygen atoms in total. The van der Waals surface area contributed by atoms with Gasteiger partial charge in [-0.3, -0.25) is 4.79 Å². The zero-order chi connectivity index (χ0) is 14.5. The van der Waals surface area contributed by atoms with Gasteiger partial charge in [-0.15, -0.1) is 0 Å². The quantitative estimate of drug-likeness (QED) is 0.795. The summed E-state index contributed by atoms with van der Waals surface area (Å²) in [4.78, 5) is 23.2. The van der Waals surface area contributed by atoms with Crippen molar-refractivity contribution in [1.82, 2.24) is 0 Å². The molecule has 0 heterocycles. The number of carbonyl (C=O) groups excluding carboxylic acids is 1. The van der Waals surface area contributed by atoms with Crippen molar-refractivity contribution in [2.45, 2.75) is 6.61 Å². The van der Waals surface area contributed by atoms with E-state index in [1.807, 2.05) is 0 Å². The van der Waals surface area contributed by atoms with Crippen molar-refractivity contribution in [3.63, 3.8) is 0 Å². The third-order valence-electron chi connectivity index (χ3n) is 2.77. The number of rotatable bonds is 4. The number of carbonyl (C=O) groups is 2. The molecule has 20 heavy (non-hydrogen) atoms. The number of amides is 1. The van der Waals surface area contributed by atoms with Crippen LogP contribution in [0.3, 0.4) is 0 Å². The maximum Gasteiger partial charge on any atom is 0.336 e. The molecule has 0 aliphatic heterocycles. The normalized spacial score (nSPS) is 10.1. The lowest BCUT2D eigenvalue weighted by Gasteiger charge is -2.08. The lowest BCUT2D eigenvalue weighted by Crippen LogP contribution is -2.16. The van der Waals surface area contributed by atoms with E-state index < -0.39 is 11.9 Å². The first-order valence-electron chi connectivity index (χ1n) is 5.95. The van der Waals surface area contributed by atoms with Crippen LogP contribution in [-0.4, -0.2) is 22.1 Å². The second-order valence-electron chi connectivity index (χ2n) is 4.16. The molecular weight excluding hydrogens is 258 g/mol. The number of hydrogen-bond donors (Lipinski definition) is 3. The molecule has 0 aliphatic rings. The average Bonchev–Trinajstić information content (AvgIpc) is 2.47. The van der Waals surface area contributed by atoms with E-state index >= 15 is 0 Å². The van der Waals surface area contributed by atoms with E-state index in [2.05, 4.69) is 5.32 Å². The predicted molar refractivity (Wildman–Crippen MR) is 73.7 cm³/mol. The second-order valence-corrected chi connectivity index (χ2v) is 4.16. The summed E-state index contributed by atoms with van der Waals surface area (Å²) in [5.74, 6) is -1.65. The Morgan fingerprint density at radius 1 is 1.00 bits per heavy atom. The summed E-state index contributed by atoms with van der Waals surface area (Å²) in [6, 6.07) is 12.7. The lowest BCUT2D eigenvalue weighted by atomic mass is 10.1. The molecule has 0 atom stereocenters. The van der Waals surface area contributed by atoms with Crippen LogP contribution in [0.4, 0.5) is 5.69 Å². The molecule has 5 heteroatoms. The number of aliphatic hydroxyl groups excluding tert-OH is 1. The van der Waals surface area contributed by atoms with E-state index in [1.54, 1.807) is 36.4 Å². The van der Waals surface area contributed by atoms with E-state index in [-0.39, 0.29) is 17.7 Å². The first kappa shape index (κ1) is 13.8. The standard InChI is InChI=1S/C15H13NO4/c17-9-10-4-3-5-11(8-10)16-14(18)12-6-1-2-7-13(12)15(19)20/h1-8,17H,9H2,(H,16,18)(H,19,20). The number of carboxylic acids is 1. The van der Waals surface area contributed by atoms with Gasteiger partial charge in [-0.1, -0.05) is 24.3 Å². The Hall–Kier alpha value is -2.66. The van der Waals surface area contributed by atoms with Crippen LogP contribution < -0.4 is 5.32 Å². The smallest absolute Gasteiger partial charge is 0.336 e. The Labute approximate surface area is 115 Å². The number of aromatic carboxylic acids is 1. The predicted octanol–water partition coefficient (Wildman–Crippen LogP) is 2.13. The van der Waals surface area contributed by atoms with Gasteiger partial charge in [0.2, 0.25) is 0 Å². The molecule has 2 aromatic carbocycles. The summed E-state index contributed by atoms with van der Waals surface area (Å²) in [6.07, 6.45) is 0. The van der Waals surface area contributed by atoms with Crippen molar-refractivity contribution < 1.29 is 19.8 Å². The van der Waals surface area contributed by atoms with Crippen LogP contribution in [0.25, 0.3) is 0 Å². The Morgan fingerprint density at radius 3 is 2.35 bits per heavy atom. The van der Waals surface area contributed by atoms with Crippen LogP contribution in [0, 0.1) is 0 Å². The number of carboxylic acid groups (broad SMARTS) is 1. The number of benzene rings is 2. The van der Waals surface area contributed by atoms with Gasteiger partial charge >= 0.3 is 5.97 Å². The summed E-state index contributed by atoms with van der Waals surface area (Å²) in [5.41, 5.74) is 1.20. The fraction of sp³-hybridized carbons (Fsp3) is 0.0667. The van der Waals surface area contributed by atoms with Gasteiger partial charge in [0, 0.05) is 5.69 Å². The first-order chi connectivity index (χ1) is 9.61. The molecule has 0 bridgehead atoms. The molecule has 1 amide bonds. The van der Waals surface area contributed by atoms with Crippen molar-refractivity contribution in [1.29, 1.82) is 0 Å². The minimum Gasteiger partial charge on any atom is -0.478 e. The molecule has 3 N–H and O–H groups in total. The number of aliphatic hydroxyl groups is 1. The molecule has 0 saturated heterocycles. The Morgan fingerprint density at radius 2 is 1.70 bits per heavy atom. The fourth-order valence-corrected chi connectivity index (χ4v) is 1.81. The molecule has 0 aromatic heterocycles. The molecule has 2 aromatic rings. The van der Waals surface area contributed by atoms with Crippen molar-refractivity contribution in [3.05, 3.63) is 65.2 Å². The van der Waals surface area contributed by atoms with Gasteiger partial charge in [-0.25, -0.2) is 4.79 Å². The molecule has 0 unspecified atom stereocenters. The summed E-state index contributed by atoms with van der Waals surface area (Å²) in [5, 5.41) is 20.7. The van der Waals surface area contributed by atoms with Gasteiger partial charge in [-0.2, -0.15) is 0 Å². The summed E-state index contributed by atoms with van der Waals surface area (Å²) >= 11 is 0. The number of anilines is 1. The fourth-order valence-electron chi connectivity index (χ4n) is 1.81. The molecule has 2 rings (SSSR count). The van der Waals surface area contributed by atoms with Gasteiger partial charge in [0.1, 0.15) is 0 Å². The highest BCUT2D eigenvalue weighted by atomic mass is 16.4. The Bertz CT molecular complexity index is 652. The van der Waals surface area contributed by atoms with Gasteiger partial charge in [-0.05, 0) is 29.8 Å². The Kier molecular flexibility index (Phi) is 4.12. The number of hydrogen-bond acceptors (Lipinski definition) is 3. The highest BCUT2D eigenvalue weighted by Gasteiger charge is 2.15. The third-order valence-corrected chi connectivity index (χ3v) is 2.77. The topological polar surface area (TPSA) is 86.6 Å². The van der Waals surface area contributed by atoms with Crippen LogP contribution in [-0.2, 0) is 6.61 Å². The largest absolute Gasteiger partial charge is 0.478 e. The van der Waals surface area contributed by atoms with Crippen LogP contribution in [0.5, 0.6) is 0 Å². The van der Waals surface area contributed by atoms with E-state index in [0.717, 1.165) is 0 Å². The van der Waals surface area contributed by atoms with Gasteiger partial charge in [0.05, 0.1) is 17.7 Å². The minimum absolute atomic E-state index is 0.0525. The van der Waals surface area contributed by atoms with Crippen molar-refractivity contribution in [3.8, 4) is 0 Å². The van der Waals surface area contributed by atoms with Crippen LogP contribution in [0.2, 0.25) is 0 Å². The summed E-state index contributed by atoms with van der Waals surface area (Å²) < 4.78 is 0. The third kappa shape index (κ3) is 3.02. The zero-order valence-corrected chi connectivity index (χ0v) is 10.5.